The number of nitrogens with one attached hydrogen (secondary N) is 2. The van der Waals surface area contributed by atoms with Crippen molar-refractivity contribution in [2.75, 3.05) is 5.32 Å². The first-order valence-electron chi connectivity index (χ1n) is 9.50. The van der Waals surface area contributed by atoms with Crippen molar-refractivity contribution in [3.05, 3.63) is 95.6 Å². The summed E-state index contributed by atoms with van der Waals surface area (Å²) in [6, 6.07) is 23.3. The zero-order valence-electron chi connectivity index (χ0n) is 17.0. The Bertz CT molecular complexity index is 1210. The third-order valence-electron chi connectivity index (χ3n) is 4.29. The predicted octanol–water partition coefficient (Wildman–Crippen LogP) is 3.26. The van der Waals surface area contributed by atoms with E-state index in [1.54, 1.807) is 61.5 Å². The molecular formula is C24H18N4O4. The molecule has 158 valence electrons. The Balaban J connectivity index is 1.66. The Hall–Kier alpha value is -4.77. The topological polar surface area (TPSA) is 121 Å². The fraction of sp³-hybridized carbons (Fsp3) is 0.0417. The van der Waals surface area contributed by atoms with Crippen LogP contribution in [-0.4, -0.2) is 23.5 Å². The van der Waals surface area contributed by atoms with E-state index in [0.717, 1.165) is 0 Å². The van der Waals surface area contributed by atoms with Crippen LogP contribution in [0.25, 0.3) is 0 Å². The van der Waals surface area contributed by atoms with Crippen LogP contribution in [0.4, 0.5) is 5.69 Å². The van der Waals surface area contributed by atoms with Crippen molar-refractivity contribution in [2.24, 2.45) is 5.10 Å². The molecule has 0 radical (unpaired) electrons. The van der Waals surface area contributed by atoms with E-state index in [1.165, 1.54) is 24.3 Å². The van der Waals surface area contributed by atoms with E-state index in [2.05, 4.69) is 15.8 Å². The quantitative estimate of drug-likeness (QED) is 0.213. The summed E-state index contributed by atoms with van der Waals surface area (Å²) in [5.41, 5.74) is 4.18. The third-order valence-corrected chi connectivity index (χ3v) is 4.29. The van der Waals surface area contributed by atoms with Crippen LogP contribution in [0.3, 0.4) is 0 Å². The van der Waals surface area contributed by atoms with Gasteiger partial charge < -0.3 is 10.1 Å². The minimum Gasteiger partial charge on any atom is -0.422 e. The largest absolute Gasteiger partial charge is 0.422 e. The van der Waals surface area contributed by atoms with Crippen LogP contribution in [0.2, 0.25) is 0 Å². The molecule has 0 heterocycles. The van der Waals surface area contributed by atoms with Gasteiger partial charge in [-0.25, -0.2) is 10.2 Å². The molecule has 32 heavy (non-hydrogen) atoms. The van der Waals surface area contributed by atoms with Gasteiger partial charge in [0.1, 0.15) is 5.75 Å². The Morgan fingerprint density at radius 2 is 1.53 bits per heavy atom. The van der Waals surface area contributed by atoms with Crippen LogP contribution in [0, 0.1) is 11.3 Å². The number of hydrazone groups is 1. The lowest BCUT2D eigenvalue weighted by Crippen LogP contribution is -2.33. The smallest absolute Gasteiger partial charge is 0.343 e. The Labute approximate surface area is 184 Å². The van der Waals surface area contributed by atoms with Gasteiger partial charge in [0.2, 0.25) is 0 Å². The number of rotatable bonds is 5. The molecule has 0 aliphatic heterocycles. The molecule has 8 nitrogen and oxygen atoms in total. The fourth-order valence-electron chi connectivity index (χ4n) is 2.65. The molecule has 0 unspecified atom stereocenters. The van der Waals surface area contributed by atoms with Gasteiger partial charge in [0.05, 0.1) is 22.9 Å². The summed E-state index contributed by atoms with van der Waals surface area (Å²) in [7, 11) is 0. The van der Waals surface area contributed by atoms with E-state index in [4.69, 9.17) is 10.00 Å². The lowest BCUT2D eigenvalue weighted by atomic mass is 10.1. The van der Waals surface area contributed by atoms with Crippen molar-refractivity contribution in [1.29, 1.82) is 5.26 Å². The fourth-order valence-corrected chi connectivity index (χ4v) is 2.65. The van der Waals surface area contributed by atoms with Gasteiger partial charge in [-0.3, -0.25) is 9.59 Å². The van der Waals surface area contributed by atoms with E-state index in [1.807, 2.05) is 6.07 Å². The highest BCUT2D eigenvalue weighted by Gasteiger charge is 2.15. The highest BCUT2D eigenvalue weighted by atomic mass is 16.5. The van der Waals surface area contributed by atoms with E-state index < -0.39 is 17.8 Å². The highest BCUT2D eigenvalue weighted by Crippen LogP contribution is 2.20. The molecule has 0 aromatic heterocycles. The zero-order chi connectivity index (χ0) is 22.9. The van der Waals surface area contributed by atoms with E-state index in [-0.39, 0.29) is 5.75 Å². The average molecular weight is 426 g/mol. The van der Waals surface area contributed by atoms with Crippen LogP contribution in [0.1, 0.15) is 28.4 Å². The van der Waals surface area contributed by atoms with Gasteiger partial charge in [-0.15, -0.1) is 0 Å². The van der Waals surface area contributed by atoms with Gasteiger partial charge in [0.25, 0.3) is 0 Å². The second-order valence-corrected chi connectivity index (χ2v) is 6.53. The molecule has 3 aromatic rings. The highest BCUT2D eigenvalue weighted by molar-refractivity contribution is 6.39. The predicted molar refractivity (Wildman–Crippen MR) is 118 cm³/mol. The van der Waals surface area contributed by atoms with Crippen LogP contribution in [-0.2, 0) is 9.59 Å². The van der Waals surface area contributed by atoms with Gasteiger partial charge in [0, 0.05) is 11.3 Å². The SMILES string of the molecule is CC(=NNC(=O)C(=O)Nc1ccc(C#N)cc1)c1ccccc1OC(=O)c1ccccc1. The second kappa shape index (κ2) is 10.3. The number of ether oxygens (including phenoxy) is 1. The van der Waals surface area contributed by atoms with Crippen molar-refractivity contribution in [1.82, 2.24) is 5.43 Å². The van der Waals surface area contributed by atoms with Crippen molar-refractivity contribution in [3.8, 4) is 11.8 Å². The molecule has 2 N–H and O–H groups in total. The van der Waals surface area contributed by atoms with Crippen LogP contribution in [0.5, 0.6) is 5.75 Å². The maximum Gasteiger partial charge on any atom is 0.343 e. The number of hydrogen-bond acceptors (Lipinski definition) is 6. The first-order valence-corrected chi connectivity index (χ1v) is 9.50. The number of nitriles is 1. The summed E-state index contributed by atoms with van der Waals surface area (Å²) in [5, 5.41) is 15.2. The average Bonchev–Trinajstić information content (AvgIpc) is 2.83. The number of nitrogens with zero attached hydrogens (tertiary/aromatic N) is 2. The van der Waals surface area contributed by atoms with Crippen LogP contribution >= 0.6 is 0 Å². The number of carbonyl (C=O) groups is 3. The molecule has 0 saturated carbocycles. The normalized spacial score (nSPS) is 10.6. The van der Waals surface area contributed by atoms with Crippen molar-refractivity contribution >= 4 is 29.2 Å². The third kappa shape index (κ3) is 5.64. The number of benzene rings is 3. The summed E-state index contributed by atoms with van der Waals surface area (Å²) in [6.45, 7) is 1.61. The molecule has 2 amide bonds. The van der Waals surface area contributed by atoms with Gasteiger partial charge >= 0.3 is 17.8 Å². The minimum atomic E-state index is -0.979. The molecule has 0 saturated heterocycles. The maximum absolute atomic E-state index is 12.4. The van der Waals surface area contributed by atoms with Crippen molar-refractivity contribution in [3.63, 3.8) is 0 Å². The number of para-hydroxylation sites is 1. The summed E-state index contributed by atoms with van der Waals surface area (Å²) in [6.07, 6.45) is 0. The molecule has 0 aliphatic carbocycles. The van der Waals surface area contributed by atoms with Crippen LogP contribution < -0.4 is 15.5 Å². The number of amides is 2. The van der Waals surface area contributed by atoms with Crippen LogP contribution in [0.15, 0.2) is 84.0 Å². The standard InChI is InChI=1S/C24H18N4O4/c1-16(27-28-23(30)22(29)26-19-13-11-17(15-25)12-14-19)20-9-5-6-10-21(20)32-24(31)18-7-3-2-4-8-18/h2-14H,1H3,(H,26,29)(H,28,30). The number of anilines is 1. The first-order chi connectivity index (χ1) is 15.5. The molecule has 0 bridgehead atoms. The molecule has 0 aliphatic rings. The summed E-state index contributed by atoms with van der Waals surface area (Å²) < 4.78 is 5.47. The van der Waals surface area contributed by atoms with Gasteiger partial charge in [0.15, 0.2) is 0 Å². The minimum absolute atomic E-state index is 0.263. The molecule has 8 heteroatoms. The number of carbonyl (C=O) groups excluding carboxylic acids is 3. The Kier molecular flexibility index (Phi) is 7.07. The monoisotopic (exact) mass is 426 g/mol. The van der Waals surface area contributed by atoms with Crippen molar-refractivity contribution in [2.45, 2.75) is 6.92 Å². The van der Waals surface area contributed by atoms with Gasteiger partial charge in [-0.1, -0.05) is 30.3 Å². The van der Waals surface area contributed by atoms with E-state index >= 15 is 0 Å². The van der Waals surface area contributed by atoms with E-state index in [0.29, 0.717) is 28.1 Å². The summed E-state index contributed by atoms with van der Waals surface area (Å²) in [5.74, 6) is -2.17. The first kappa shape index (κ1) is 21.9. The molecular weight excluding hydrogens is 408 g/mol. The summed E-state index contributed by atoms with van der Waals surface area (Å²) in [4.78, 5) is 36.5. The number of hydrogen-bond donors (Lipinski definition) is 2. The van der Waals surface area contributed by atoms with Gasteiger partial charge in [-0.2, -0.15) is 10.4 Å². The lowest BCUT2D eigenvalue weighted by Gasteiger charge is -2.10. The number of esters is 1. The molecule has 3 aromatic carbocycles. The summed E-state index contributed by atoms with van der Waals surface area (Å²) >= 11 is 0. The molecule has 3 rings (SSSR count). The second-order valence-electron chi connectivity index (χ2n) is 6.53. The lowest BCUT2D eigenvalue weighted by molar-refractivity contribution is -0.136. The van der Waals surface area contributed by atoms with Gasteiger partial charge in [-0.05, 0) is 55.5 Å². The van der Waals surface area contributed by atoms with Crippen molar-refractivity contribution < 1.29 is 19.1 Å². The molecule has 0 spiro atoms. The van der Waals surface area contributed by atoms with E-state index in [9.17, 15) is 14.4 Å². The zero-order valence-corrected chi connectivity index (χ0v) is 17.0. The maximum atomic E-state index is 12.4. The molecule has 0 atom stereocenters. The molecule has 0 fully saturated rings. The Morgan fingerprint density at radius 3 is 2.22 bits per heavy atom. The Morgan fingerprint density at radius 1 is 0.875 bits per heavy atom.